The molecule has 0 unspecified atom stereocenters. The van der Waals surface area contributed by atoms with Crippen LogP contribution in [0.25, 0.3) is 22.4 Å². The average molecular weight is 355 g/mol. The number of nitrogens with zero attached hydrogens (tertiary/aromatic N) is 1. The summed E-state index contributed by atoms with van der Waals surface area (Å²) in [6.45, 7) is 4.28. The van der Waals surface area contributed by atoms with E-state index in [0.29, 0.717) is 11.5 Å². The molecule has 0 aliphatic carbocycles. The van der Waals surface area contributed by atoms with Gasteiger partial charge in [-0.15, -0.1) is 0 Å². The van der Waals surface area contributed by atoms with E-state index in [1.165, 1.54) is 5.56 Å². The minimum atomic E-state index is -0.109. The van der Waals surface area contributed by atoms with E-state index in [2.05, 4.69) is 29.1 Å². The lowest BCUT2D eigenvalue weighted by Crippen LogP contribution is -2.11. The van der Waals surface area contributed by atoms with Gasteiger partial charge in [-0.25, -0.2) is 4.98 Å². The fourth-order valence-corrected chi connectivity index (χ4v) is 3.02. The van der Waals surface area contributed by atoms with Crippen LogP contribution in [0.1, 0.15) is 35.7 Å². The van der Waals surface area contributed by atoms with Gasteiger partial charge in [0.05, 0.1) is 11.0 Å². The summed E-state index contributed by atoms with van der Waals surface area (Å²) in [6, 6.07) is 23.4. The first-order valence-corrected chi connectivity index (χ1v) is 9.06. The molecule has 0 fully saturated rings. The van der Waals surface area contributed by atoms with E-state index < -0.39 is 0 Å². The van der Waals surface area contributed by atoms with Gasteiger partial charge in [0.15, 0.2) is 0 Å². The molecular weight excluding hydrogens is 334 g/mol. The van der Waals surface area contributed by atoms with E-state index in [0.717, 1.165) is 28.1 Å². The van der Waals surface area contributed by atoms with Crippen molar-refractivity contribution in [1.29, 1.82) is 0 Å². The van der Waals surface area contributed by atoms with E-state index in [1.54, 1.807) is 0 Å². The summed E-state index contributed by atoms with van der Waals surface area (Å²) in [5, 5.41) is 2.94. The Bertz CT molecular complexity index is 1040. The predicted molar refractivity (Wildman–Crippen MR) is 110 cm³/mol. The zero-order chi connectivity index (χ0) is 18.8. The number of H-pyrrole nitrogens is 1. The van der Waals surface area contributed by atoms with Crippen LogP contribution in [0.3, 0.4) is 0 Å². The molecule has 0 radical (unpaired) electrons. The minimum Gasteiger partial charge on any atom is -0.338 e. The molecule has 0 aliphatic rings. The van der Waals surface area contributed by atoms with Crippen molar-refractivity contribution in [3.63, 3.8) is 0 Å². The van der Waals surface area contributed by atoms with Gasteiger partial charge in [0, 0.05) is 16.8 Å². The Hall–Kier alpha value is -3.40. The fraction of sp³-hybridized carbons (Fsp3) is 0.130. The highest BCUT2D eigenvalue weighted by Crippen LogP contribution is 2.22. The number of hydrogen-bond donors (Lipinski definition) is 2. The quantitative estimate of drug-likeness (QED) is 0.500. The first kappa shape index (κ1) is 17.0. The van der Waals surface area contributed by atoms with Gasteiger partial charge in [-0.2, -0.15) is 0 Å². The number of imidazole rings is 1. The summed E-state index contributed by atoms with van der Waals surface area (Å²) in [5.74, 6) is 1.16. The molecule has 4 aromatic rings. The topological polar surface area (TPSA) is 57.8 Å². The zero-order valence-electron chi connectivity index (χ0n) is 15.4. The van der Waals surface area contributed by atoms with E-state index in [-0.39, 0.29) is 5.91 Å². The molecule has 1 amide bonds. The number of benzene rings is 3. The third kappa shape index (κ3) is 3.60. The summed E-state index contributed by atoms with van der Waals surface area (Å²) >= 11 is 0. The molecule has 2 N–H and O–H groups in total. The van der Waals surface area contributed by atoms with Crippen molar-refractivity contribution >= 4 is 22.6 Å². The molecule has 4 rings (SSSR count). The van der Waals surface area contributed by atoms with Crippen molar-refractivity contribution in [2.75, 3.05) is 5.32 Å². The van der Waals surface area contributed by atoms with Gasteiger partial charge in [0.1, 0.15) is 5.82 Å². The zero-order valence-corrected chi connectivity index (χ0v) is 15.4. The highest BCUT2D eigenvalue weighted by Gasteiger charge is 2.08. The normalized spacial score (nSPS) is 11.1. The molecule has 3 aromatic carbocycles. The van der Waals surface area contributed by atoms with Crippen molar-refractivity contribution in [2.24, 2.45) is 0 Å². The number of carbonyl (C=O) groups is 1. The van der Waals surface area contributed by atoms with Crippen LogP contribution in [-0.2, 0) is 0 Å². The Morgan fingerprint density at radius 1 is 0.926 bits per heavy atom. The van der Waals surface area contributed by atoms with Crippen LogP contribution in [0.5, 0.6) is 0 Å². The summed E-state index contributed by atoms with van der Waals surface area (Å²) in [6.07, 6.45) is 0. The maximum atomic E-state index is 12.4. The standard InChI is InChI=1S/C23H21N3O/c1-15(2)16-7-9-18(10-8-16)23(27)24-19-13-11-17(12-14-19)22-25-20-5-3-4-6-21(20)26-22/h3-15H,1-2H3,(H,24,27)(H,25,26). The summed E-state index contributed by atoms with van der Waals surface area (Å²) in [4.78, 5) is 20.4. The Labute approximate surface area is 158 Å². The second-order valence-corrected chi connectivity index (χ2v) is 6.91. The number of amides is 1. The molecule has 4 nitrogen and oxygen atoms in total. The van der Waals surface area contributed by atoms with Crippen LogP contribution >= 0.6 is 0 Å². The van der Waals surface area contributed by atoms with Gasteiger partial charge in [0.25, 0.3) is 5.91 Å². The van der Waals surface area contributed by atoms with Crippen LogP contribution in [0, 0.1) is 0 Å². The fourth-order valence-electron chi connectivity index (χ4n) is 3.02. The number of aromatic amines is 1. The average Bonchev–Trinajstić information content (AvgIpc) is 3.13. The molecule has 0 saturated carbocycles. The van der Waals surface area contributed by atoms with Crippen molar-refractivity contribution in [3.8, 4) is 11.4 Å². The molecule has 0 atom stereocenters. The minimum absolute atomic E-state index is 0.109. The van der Waals surface area contributed by atoms with Gasteiger partial charge in [-0.3, -0.25) is 4.79 Å². The molecular formula is C23H21N3O. The third-order valence-electron chi connectivity index (χ3n) is 4.65. The molecule has 0 aliphatic heterocycles. The molecule has 0 bridgehead atoms. The molecule has 4 heteroatoms. The van der Waals surface area contributed by atoms with Crippen LogP contribution < -0.4 is 5.32 Å². The van der Waals surface area contributed by atoms with E-state index in [9.17, 15) is 4.79 Å². The number of para-hydroxylation sites is 2. The van der Waals surface area contributed by atoms with Crippen LogP contribution in [0.15, 0.2) is 72.8 Å². The summed E-state index contributed by atoms with van der Waals surface area (Å²) < 4.78 is 0. The Balaban J connectivity index is 1.49. The number of rotatable bonds is 4. The summed E-state index contributed by atoms with van der Waals surface area (Å²) in [7, 11) is 0. The van der Waals surface area contributed by atoms with Gasteiger partial charge in [0.2, 0.25) is 0 Å². The number of hydrogen-bond acceptors (Lipinski definition) is 2. The maximum absolute atomic E-state index is 12.4. The Morgan fingerprint density at radius 3 is 2.30 bits per heavy atom. The molecule has 27 heavy (non-hydrogen) atoms. The monoisotopic (exact) mass is 355 g/mol. The molecule has 0 saturated heterocycles. The largest absolute Gasteiger partial charge is 0.338 e. The van der Waals surface area contributed by atoms with Crippen molar-refractivity contribution in [3.05, 3.63) is 83.9 Å². The van der Waals surface area contributed by atoms with Crippen molar-refractivity contribution < 1.29 is 4.79 Å². The number of fused-ring (bicyclic) bond motifs is 1. The van der Waals surface area contributed by atoms with Gasteiger partial charge in [-0.1, -0.05) is 38.1 Å². The number of anilines is 1. The summed E-state index contributed by atoms with van der Waals surface area (Å²) in [5.41, 5.74) is 5.56. The van der Waals surface area contributed by atoms with E-state index in [4.69, 9.17) is 0 Å². The lowest BCUT2D eigenvalue weighted by atomic mass is 10.0. The smallest absolute Gasteiger partial charge is 0.255 e. The van der Waals surface area contributed by atoms with Gasteiger partial charge >= 0.3 is 0 Å². The highest BCUT2D eigenvalue weighted by atomic mass is 16.1. The second kappa shape index (κ2) is 7.08. The van der Waals surface area contributed by atoms with E-state index in [1.807, 2.05) is 72.8 Å². The molecule has 1 aromatic heterocycles. The lowest BCUT2D eigenvalue weighted by molar-refractivity contribution is 0.102. The maximum Gasteiger partial charge on any atom is 0.255 e. The molecule has 1 heterocycles. The van der Waals surface area contributed by atoms with Crippen LogP contribution in [0.2, 0.25) is 0 Å². The Kier molecular flexibility index (Phi) is 4.47. The van der Waals surface area contributed by atoms with Crippen molar-refractivity contribution in [2.45, 2.75) is 19.8 Å². The SMILES string of the molecule is CC(C)c1ccc(C(=O)Nc2ccc(-c3nc4ccccc4[nH]3)cc2)cc1. The molecule has 134 valence electrons. The number of carbonyl (C=O) groups excluding carboxylic acids is 1. The second-order valence-electron chi connectivity index (χ2n) is 6.91. The van der Waals surface area contributed by atoms with E-state index >= 15 is 0 Å². The van der Waals surface area contributed by atoms with Crippen LogP contribution in [-0.4, -0.2) is 15.9 Å². The first-order valence-electron chi connectivity index (χ1n) is 9.06. The first-order chi connectivity index (χ1) is 13.1. The number of nitrogens with one attached hydrogen (secondary N) is 2. The number of aromatic nitrogens is 2. The van der Waals surface area contributed by atoms with Crippen molar-refractivity contribution in [1.82, 2.24) is 9.97 Å². The van der Waals surface area contributed by atoms with Gasteiger partial charge < -0.3 is 10.3 Å². The third-order valence-corrected chi connectivity index (χ3v) is 4.65. The molecule has 0 spiro atoms. The predicted octanol–water partition coefficient (Wildman–Crippen LogP) is 5.61. The van der Waals surface area contributed by atoms with Gasteiger partial charge in [-0.05, 0) is 60.0 Å². The Morgan fingerprint density at radius 2 is 1.63 bits per heavy atom. The van der Waals surface area contributed by atoms with Crippen LogP contribution in [0.4, 0.5) is 5.69 Å². The lowest BCUT2D eigenvalue weighted by Gasteiger charge is -2.08. The highest BCUT2D eigenvalue weighted by molar-refractivity contribution is 6.04.